The molecule has 1 aromatic heterocycles. The lowest BCUT2D eigenvalue weighted by molar-refractivity contribution is -0.122. The molecule has 1 aromatic rings. The molecule has 2 rings (SSSR count). The second kappa shape index (κ2) is 5.85. The molecular formula is C14H20N2O2. The summed E-state index contributed by atoms with van der Waals surface area (Å²) >= 11 is 0. The maximum atomic E-state index is 11.8. The summed E-state index contributed by atoms with van der Waals surface area (Å²) in [6, 6.07) is 3.69. The number of pyridine rings is 1. The number of nitrogens with one attached hydrogen (secondary N) is 1. The summed E-state index contributed by atoms with van der Waals surface area (Å²) in [4.78, 5) is 23.5. The van der Waals surface area contributed by atoms with Gasteiger partial charge in [-0.25, -0.2) is 0 Å². The summed E-state index contributed by atoms with van der Waals surface area (Å²) in [5.74, 6) is -0.0622. The van der Waals surface area contributed by atoms with E-state index in [1.54, 1.807) is 12.3 Å². The number of hydrogen-bond donors (Lipinski definition) is 1. The van der Waals surface area contributed by atoms with Gasteiger partial charge in [-0.15, -0.1) is 0 Å². The second-order valence-electron chi connectivity index (χ2n) is 5.07. The Morgan fingerprint density at radius 2 is 2.11 bits per heavy atom. The summed E-state index contributed by atoms with van der Waals surface area (Å²) < 4.78 is 1.45. The predicted octanol–water partition coefficient (Wildman–Crippen LogP) is 1.61. The summed E-state index contributed by atoms with van der Waals surface area (Å²) in [7, 11) is 0. The average molecular weight is 248 g/mol. The van der Waals surface area contributed by atoms with Gasteiger partial charge in [-0.05, 0) is 31.4 Å². The topological polar surface area (TPSA) is 51.1 Å². The molecule has 1 amide bonds. The van der Waals surface area contributed by atoms with Crippen LogP contribution in [0, 0.1) is 6.92 Å². The van der Waals surface area contributed by atoms with E-state index in [1.165, 1.54) is 23.8 Å². The predicted molar refractivity (Wildman–Crippen MR) is 70.5 cm³/mol. The molecule has 0 saturated heterocycles. The van der Waals surface area contributed by atoms with E-state index in [9.17, 15) is 9.59 Å². The van der Waals surface area contributed by atoms with Crippen LogP contribution in [-0.4, -0.2) is 16.5 Å². The lowest BCUT2D eigenvalue weighted by Crippen LogP contribution is -2.39. The van der Waals surface area contributed by atoms with Crippen LogP contribution in [0.1, 0.15) is 37.7 Å². The highest BCUT2D eigenvalue weighted by Gasteiger charge is 2.15. The van der Waals surface area contributed by atoms with Crippen LogP contribution in [0.4, 0.5) is 0 Å². The first kappa shape index (κ1) is 12.9. The molecule has 0 aliphatic heterocycles. The van der Waals surface area contributed by atoms with Gasteiger partial charge in [0.2, 0.25) is 5.91 Å². The molecule has 0 unspecified atom stereocenters. The number of aryl methyl sites for hydroxylation is 1. The van der Waals surface area contributed by atoms with Gasteiger partial charge in [-0.3, -0.25) is 9.59 Å². The molecule has 98 valence electrons. The Hall–Kier alpha value is -1.58. The van der Waals surface area contributed by atoms with E-state index in [4.69, 9.17) is 0 Å². The summed E-state index contributed by atoms with van der Waals surface area (Å²) in [6.45, 7) is 1.99. The van der Waals surface area contributed by atoms with Crippen LogP contribution in [0.25, 0.3) is 0 Å². The van der Waals surface area contributed by atoms with E-state index in [1.807, 2.05) is 13.0 Å². The first-order valence-electron chi connectivity index (χ1n) is 6.61. The number of rotatable bonds is 3. The van der Waals surface area contributed by atoms with Gasteiger partial charge in [-0.1, -0.05) is 19.3 Å². The number of nitrogens with zero attached hydrogens (tertiary/aromatic N) is 1. The fourth-order valence-electron chi connectivity index (χ4n) is 2.41. The van der Waals surface area contributed by atoms with E-state index in [-0.39, 0.29) is 18.0 Å². The van der Waals surface area contributed by atoms with E-state index in [0.717, 1.165) is 18.4 Å². The number of aromatic nitrogens is 1. The highest BCUT2D eigenvalue weighted by atomic mass is 16.2. The Morgan fingerprint density at radius 3 is 2.78 bits per heavy atom. The van der Waals surface area contributed by atoms with Crippen LogP contribution in [-0.2, 0) is 11.3 Å². The first-order chi connectivity index (χ1) is 8.65. The maximum absolute atomic E-state index is 11.8. The van der Waals surface area contributed by atoms with Crippen molar-refractivity contribution >= 4 is 5.91 Å². The van der Waals surface area contributed by atoms with Crippen molar-refractivity contribution < 1.29 is 4.79 Å². The smallest absolute Gasteiger partial charge is 0.251 e. The zero-order valence-electron chi connectivity index (χ0n) is 10.8. The van der Waals surface area contributed by atoms with Gasteiger partial charge >= 0.3 is 0 Å². The van der Waals surface area contributed by atoms with Crippen LogP contribution in [0.5, 0.6) is 0 Å². The first-order valence-corrected chi connectivity index (χ1v) is 6.61. The van der Waals surface area contributed by atoms with Crippen LogP contribution in [0.15, 0.2) is 23.1 Å². The van der Waals surface area contributed by atoms with Gasteiger partial charge in [0.25, 0.3) is 5.56 Å². The van der Waals surface area contributed by atoms with Gasteiger partial charge < -0.3 is 9.88 Å². The van der Waals surface area contributed by atoms with E-state index < -0.39 is 0 Å². The maximum Gasteiger partial charge on any atom is 0.251 e. The summed E-state index contributed by atoms with van der Waals surface area (Å²) in [6.07, 6.45) is 7.45. The molecule has 0 aromatic carbocycles. The van der Waals surface area contributed by atoms with Gasteiger partial charge in [0, 0.05) is 18.3 Å². The number of carbonyl (C=O) groups is 1. The van der Waals surface area contributed by atoms with Crippen LogP contribution < -0.4 is 10.9 Å². The van der Waals surface area contributed by atoms with Crippen molar-refractivity contribution in [3.8, 4) is 0 Å². The van der Waals surface area contributed by atoms with Crippen molar-refractivity contribution in [2.24, 2.45) is 0 Å². The van der Waals surface area contributed by atoms with Gasteiger partial charge in [0.05, 0.1) is 0 Å². The Kier molecular flexibility index (Phi) is 4.18. The lowest BCUT2D eigenvalue weighted by Gasteiger charge is -2.22. The van der Waals surface area contributed by atoms with Crippen molar-refractivity contribution in [2.75, 3.05) is 0 Å². The van der Waals surface area contributed by atoms with Crippen molar-refractivity contribution in [1.29, 1.82) is 0 Å². The van der Waals surface area contributed by atoms with E-state index in [0.29, 0.717) is 6.04 Å². The molecule has 18 heavy (non-hydrogen) atoms. The Labute approximate surface area is 107 Å². The molecule has 0 bridgehead atoms. The molecule has 1 fully saturated rings. The largest absolute Gasteiger partial charge is 0.352 e. The SMILES string of the molecule is Cc1ccn(CC(=O)NC2CCCCC2)c(=O)c1. The van der Waals surface area contributed by atoms with Crippen molar-refractivity contribution in [1.82, 2.24) is 9.88 Å². The highest BCUT2D eigenvalue weighted by Crippen LogP contribution is 2.17. The zero-order valence-corrected chi connectivity index (χ0v) is 10.8. The summed E-state index contributed by atoms with van der Waals surface area (Å²) in [5.41, 5.74) is 0.803. The monoisotopic (exact) mass is 248 g/mol. The van der Waals surface area contributed by atoms with Crippen LogP contribution in [0.3, 0.4) is 0 Å². The molecule has 1 N–H and O–H groups in total. The molecule has 0 radical (unpaired) electrons. The van der Waals surface area contributed by atoms with Crippen molar-refractivity contribution in [3.63, 3.8) is 0 Å². The molecular weight excluding hydrogens is 228 g/mol. The molecule has 0 spiro atoms. The molecule has 1 heterocycles. The van der Waals surface area contributed by atoms with Crippen LogP contribution in [0.2, 0.25) is 0 Å². The van der Waals surface area contributed by atoms with Crippen molar-refractivity contribution in [2.45, 2.75) is 51.6 Å². The number of hydrogen-bond acceptors (Lipinski definition) is 2. The second-order valence-corrected chi connectivity index (χ2v) is 5.07. The lowest BCUT2D eigenvalue weighted by atomic mass is 9.95. The number of carbonyl (C=O) groups excluding carboxylic acids is 1. The fraction of sp³-hybridized carbons (Fsp3) is 0.571. The molecule has 1 aliphatic carbocycles. The number of amides is 1. The Bertz CT molecular complexity index is 473. The zero-order chi connectivity index (χ0) is 13.0. The fourth-order valence-corrected chi connectivity index (χ4v) is 2.41. The van der Waals surface area contributed by atoms with E-state index in [2.05, 4.69) is 5.32 Å². The minimum atomic E-state index is -0.117. The molecule has 1 saturated carbocycles. The third kappa shape index (κ3) is 3.45. The Balaban J connectivity index is 1.92. The van der Waals surface area contributed by atoms with Crippen LogP contribution >= 0.6 is 0 Å². The molecule has 1 aliphatic rings. The minimum Gasteiger partial charge on any atom is -0.352 e. The highest BCUT2D eigenvalue weighted by molar-refractivity contribution is 5.76. The van der Waals surface area contributed by atoms with E-state index >= 15 is 0 Å². The normalized spacial score (nSPS) is 16.5. The standard InChI is InChI=1S/C14H20N2O2/c1-11-7-8-16(14(18)9-11)10-13(17)15-12-5-3-2-4-6-12/h7-9,12H,2-6,10H2,1H3,(H,15,17). The van der Waals surface area contributed by atoms with Crippen molar-refractivity contribution in [3.05, 3.63) is 34.2 Å². The molecule has 4 heteroatoms. The Morgan fingerprint density at radius 1 is 1.39 bits per heavy atom. The third-order valence-corrected chi connectivity index (χ3v) is 3.44. The van der Waals surface area contributed by atoms with Gasteiger partial charge in [-0.2, -0.15) is 0 Å². The quantitative estimate of drug-likeness (QED) is 0.883. The molecule has 4 nitrogen and oxygen atoms in total. The summed E-state index contributed by atoms with van der Waals surface area (Å²) in [5, 5.41) is 3.01. The van der Waals surface area contributed by atoms with Gasteiger partial charge in [0.15, 0.2) is 0 Å². The average Bonchev–Trinajstić information content (AvgIpc) is 2.34. The minimum absolute atomic E-state index is 0.0622. The third-order valence-electron chi connectivity index (χ3n) is 3.44. The molecule has 0 atom stereocenters. The van der Waals surface area contributed by atoms with Gasteiger partial charge in [0.1, 0.15) is 6.54 Å².